The molecule has 0 atom stereocenters. The fourth-order valence-electron chi connectivity index (χ4n) is 4.23. The Balaban J connectivity index is 0.000000782. The standard InChI is InChI=1S/C27H20BrN5O5.C3H7NO/c28-26-29-24-23(30(26)15-18-7-3-1-4-8-18)25(35)32(27(36)31(24)16-19-9-5-2-6-10-19)17-22(34)20-11-13-21(14-12-20)33(37)38;1-4(2)3-5/h1-14H,15-17H2;3H,1-2H3. The molecule has 3 aromatic carbocycles. The van der Waals surface area contributed by atoms with E-state index in [1.165, 1.54) is 33.7 Å². The molecule has 0 aliphatic carbocycles. The number of hydrogen-bond donors (Lipinski definition) is 0. The van der Waals surface area contributed by atoms with Crippen LogP contribution in [0.5, 0.6) is 0 Å². The van der Waals surface area contributed by atoms with Crippen LogP contribution in [0.2, 0.25) is 0 Å². The Morgan fingerprint density at radius 2 is 1.40 bits per heavy atom. The highest BCUT2D eigenvalue weighted by molar-refractivity contribution is 9.10. The van der Waals surface area contributed by atoms with E-state index in [0.29, 0.717) is 11.3 Å². The molecule has 12 nitrogen and oxygen atoms in total. The Morgan fingerprint density at radius 1 is 0.884 bits per heavy atom. The summed E-state index contributed by atoms with van der Waals surface area (Å²) in [7, 11) is 3.38. The van der Waals surface area contributed by atoms with Crippen molar-refractivity contribution in [2.45, 2.75) is 19.6 Å². The van der Waals surface area contributed by atoms with E-state index in [-0.39, 0.29) is 29.0 Å². The lowest BCUT2D eigenvalue weighted by atomic mass is 10.1. The van der Waals surface area contributed by atoms with E-state index in [2.05, 4.69) is 20.9 Å². The molecule has 43 heavy (non-hydrogen) atoms. The number of non-ortho nitro benzene ring substituents is 1. The minimum absolute atomic E-state index is 0.136. The van der Waals surface area contributed by atoms with Gasteiger partial charge in [0.2, 0.25) is 6.41 Å². The molecule has 2 aromatic heterocycles. The lowest BCUT2D eigenvalue weighted by Crippen LogP contribution is -2.42. The SMILES string of the molecule is CN(C)C=O.O=C(Cn1c(=O)c2c(nc(Br)n2Cc2ccccc2)n(Cc2ccccc2)c1=O)c1ccc([N+](=O)[O-])cc1. The highest BCUT2D eigenvalue weighted by atomic mass is 79.9. The summed E-state index contributed by atoms with van der Waals surface area (Å²) in [5.74, 6) is -0.530. The number of amides is 1. The molecule has 0 aliphatic heterocycles. The zero-order valence-electron chi connectivity index (χ0n) is 23.3. The van der Waals surface area contributed by atoms with Gasteiger partial charge in [-0.3, -0.25) is 33.6 Å². The Bertz CT molecular complexity index is 1880. The molecule has 220 valence electrons. The number of imidazole rings is 1. The van der Waals surface area contributed by atoms with Crippen molar-refractivity contribution in [3.8, 4) is 0 Å². The van der Waals surface area contributed by atoms with Gasteiger partial charge in [-0.05, 0) is 39.2 Å². The minimum atomic E-state index is -0.682. The first-order valence-electron chi connectivity index (χ1n) is 13.0. The van der Waals surface area contributed by atoms with E-state index in [1.54, 1.807) is 18.7 Å². The van der Waals surface area contributed by atoms with E-state index in [9.17, 15) is 29.3 Å². The second-order valence-electron chi connectivity index (χ2n) is 9.67. The van der Waals surface area contributed by atoms with Gasteiger partial charge in [0, 0.05) is 31.8 Å². The molecule has 5 aromatic rings. The summed E-state index contributed by atoms with van der Waals surface area (Å²) in [6.07, 6.45) is 0.750. The lowest BCUT2D eigenvalue weighted by Gasteiger charge is -2.13. The number of nitro benzene ring substituents is 1. The Labute approximate surface area is 253 Å². The van der Waals surface area contributed by atoms with Gasteiger partial charge in [-0.1, -0.05) is 60.7 Å². The van der Waals surface area contributed by atoms with Crippen molar-refractivity contribution in [1.82, 2.24) is 23.6 Å². The summed E-state index contributed by atoms with van der Waals surface area (Å²) in [4.78, 5) is 66.2. The largest absolute Gasteiger partial charge is 0.351 e. The molecule has 1 amide bonds. The Morgan fingerprint density at radius 3 is 1.88 bits per heavy atom. The number of halogens is 1. The predicted octanol–water partition coefficient (Wildman–Crippen LogP) is 3.71. The fraction of sp³-hybridized carbons (Fsp3) is 0.167. The lowest BCUT2D eigenvalue weighted by molar-refractivity contribution is -0.384. The van der Waals surface area contributed by atoms with Gasteiger partial charge < -0.3 is 9.47 Å². The number of nitro groups is 1. The molecule has 0 unspecified atom stereocenters. The number of carbonyl (C=O) groups excluding carboxylic acids is 2. The van der Waals surface area contributed by atoms with Gasteiger partial charge in [-0.25, -0.2) is 9.78 Å². The van der Waals surface area contributed by atoms with Crippen LogP contribution in [0, 0.1) is 10.1 Å². The zero-order chi connectivity index (χ0) is 31.1. The van der Waals surface area contributed by atoms with Crippen molar-refractivity contribution in [3.05, 3.63) is 137 Å². The molecule has 2 heterocycles. The Hall–Kier alpha value is -5.17. The van der Waals surface area contributed by atoms with E-state index in [1.807, 2.05) is 60.7 Å². The molecular formula is C30H27BrN6O6. The van der Waals surface area contributed by atoms with E-state index >= 15 is 0 Å². The van der Waals surface area contributed by atoms with E-state index in [4.69, 9.17) is 0 Å². The van der Waals surface area contributed by atoms with Crippen LogP contribution in [-0.2, 0) is 24.4 Å². The van der Waals surface area contributed by atoms with Crippen molar-refractivity contribution < 1.29 is 14.5 Å². The third kappa shape index (κ3) is 7.19. The number of ketones is 1. The van der Waals surface area contributed by atoms with Crippen LogP contribution in [-0.4, -0.2) is 54.8 Å². The van der Waals surface area contributed by atoms with Crippen molar-refractivity contribution in [2.75, 3.05) is 14.1 Å². The molecule has 0 N–H and O–H groups in total. The summed E-state index contributed by atoms with van der Waals surface area (Å²) >= 11 is 3.44. The van der Waals surface area contributed by atoms with Crippen LogP contribution in [0.3, 0.4) is 0 Å². The van der Waals surface area contributed by atoms with Crippen LogP contribution in [0.25, 0.3) is 11.2 Å². The summed E-state index contributed by atoms with van der Waals surface area (Å²) < 4.78 is 4.31. The van der Waals surface area contributed by atoms with Crippen molar-refractivity contribution in [3.63, 3.8) is 0 Å². The van der Waals surface area contributed by atoms with Crippen LogP contribution in [0.4, 0.5) is 5.69 Å². The number of Topliss-reactive ketones (excluding diaryl/α,β-unsaturated/α-hetero) is 1. The molecule has 0 aliphatic rings. The third-order valence-electron chi connectivity index (χ3n) is 6.35. The van der Waals surface area contributed by atoms with Gasteiger partial charge in [-0.2, -0.15) is 0 Å². The van der Waals surface area contributed by atoms with Gasteiger partial charge in [0.25, 0.3) is 11.2 Å². The van der Waals surface area contributed by atoms with Crippen LogP contribution in [0.15, 0.2) is 99.3 Å². The molecule has 0 saturated carbocycles. The second-order valence-corrected chi connectivity index (χ2v) is 10.4. The molecule has 0 fully saturated rings. The maximum Gasteiger partial charge on any atom is 0.333 e. The fourth-order valence-corrected chi connectivity index (χ4v) is 4.70. The molecule has 5 rings (SSSR count). The smallest absolute Gasteiger partial charge is 0.333 e. The maximum absolute atomic E-state index is 13.7. The van der Waals surface area contributed by atoms with Crippen LogP contribution in [0.1, 0.15) is 21.5 Å². The summed E-state index contributed by atoms with van der Waals surface area (Å²) in [6.45, 7) is -0.0850. The number of hydrogen-bond acceptors (Lipinski definition) is 7. The molecule has 0 saturated heterocycles. The molecule has 13 heteroatoms. The maximum atomic E-state index is 13.7. The summed E-state index contributed by atoms with van der Waals surface area (Å²) in [5, 5.41) is 11.0. The first-order valence-corrected chi connectivity index (χ1v) is 13.8. The van der Waals surface area contributed by atoms with Crippen molar-refractivity contribution in [2.24, 2.45) is 0 Å². The van der Waals surface area contributed by atoms with E-state index < -0.39 is 28.5 Å². The van der Waals surface area contributed by atoms with Gasteiger partial charge in [0.15, 0.2) is 21.7 Å². The van der Waals surface area contributed by atoms with Crippen molar-refractivity contribution >= 4 is 45.0 Å². The van der Waals surface area contributed by atoms with Gasteiger partial charge in [-0.15, -0.1) is 0 Å². The topological polar surface area (TPSA) is 142 Å². The normalized spacial score (nSPS) is 10.6. The van der Waals surface area contributed by atoms with Gasteiger partial charge in [0.05, 0.1) is 24.6 Å². The highest BCUT2D eigenvalue weighted by Gasteiger charge is 2.23. The zero-order valence-corrected chi connectivity index (χ0v) is 24.9. The first-order chi connectivity index (χ1) is 20.6. The summed E-state index contributed by atoms with van der Waals surface area (Å²) in [5.41, 5.74) is 0.754. The van der Waals surface area contributed by atoms with E-state index in [0.717, 1.165) is 22.1 Å². The summed E-state index contributed by atoms with van der Waals surface area (Å²) in [6, 6.07) is 23.8. The molecule has 0 spiro atoms. The Kier molecular flexibility index (Phi) is 9.78. The third-order valence-corrected chi connectivity index (χ3v) is 6.95. The number of aromatic nitrogens is 4. The van der Waals surface area contributed by atoms with Crippen LogP contribution < -0.4 is 11.2 Å². The van der Waals surface area contributed by atoms with Crippen LogP contribution >= 0.6 is 15.9 Å². The predicted molar refractivity (Wildman–Crippen MR) is 164 cm³/mol. The molecular weight excluding hydrogens is 620 g/mol. The average molecular weight is 647 g/mol. The van der Waals surface area contributed by atoms with Crippen molar-refractivity contribution in [1.29, 1.82) is 0 Å². The molecule has 0 bridgehead atoms. The van der Waals surface area contributed by atoms with Gasteiger partial charge in [0.1, 0.15) is 0 Å². The van der Waals surface area contributed by atoms with Gasteiger partial charge >= 0.3 is 5.69 Å². The average Bonchev–Trinajstić information content (AvgIpc) is 3.34. The quantitative estimate of drug-likeness (QED) is 0.0781. The second kappa shape index (κ2) is 13.7. The monoisotopic (exact) mass is 646 g/mol. The number of rotatable bonds is 9. The highest BCUT2D eigenvalue weighted by Crippen LogP contribution is 2.20. The molecule has 0 radical (unpaired) electrons. The minimum Gasteiger partial charge on any atom is -0.351 e. The number of nitrogens with zero attached hydrogens (tertiary/aromatic N) is 6. The first kappa shape index (κ1) is 30.8. The number of carbonyl (C=O) groups is 2. The number of fused-ring (bicyclic) bond motifs is 1. The number of benzene rings is 3.